The quantitative estimate of drug-likeness (QED) is 0.566. The number of benzene rings is 1. The van der Waals surface area contributed by atoms with E-state index in [1.54, 1.807) is 13.2 Å². The molecule has 20 heavy (non-hydrogen) atoms. The number of carbonyl (C=O) groups is 1. The number of carbonyl (C=O) groups excluding carboxylic acids is 1. The van der Waals surface area contributed by atoms with E-state index in [1.807, 2.05) is 36.4 Å². The van der Waals surface area contributed by atoms with Crippen LogP contribution in [-0.2, 0) is 25.6 Å². The third kappa shape index (κ3) is 3.96. The molecule has 1 unspecified atom stereocenters. The number of rotatable bonds is 7. The van der Waals surface area contributed by atoms with Gasteiger partial charge in [0.15, 0.2) is 6.79 Å². The minimum atomic E-state index is -0.255. The number of hydrogen-bond donors (Lipinski definition) is 0. The lowest BCUT2D eigenvalue weighted by Crippen LogP contribution is -2.14. The van der Waals surface area contributed by atoms with E-state index in [4.69, 9.17) is 14.2 Å². The Kier molecular flexibility index (Phi) is 5.38. The van der Waals surface area contributed by atoms with Crippen LogP contribution in [0.2, 0.25) is 0 Å². The average Bonchev–Trinajstić information content (AvgIpc) is 2.52. The maximum atomic E-state index is 11.0. The zero-order chi connectivity index (χ0) is 14.2. The highest BCUT2D eigenvalue weighted by molar-refractivity contribution is 5.59. The van der Waals surface area contributed by atoms with Crippen molar-refractivity contribution in [3.8, 4) is 0 Å². The molecule has 4 heteroatoms. The maximum absolute atomic E-state index is 11.0. The Labute approximate surface area is 118 Å². The monoisotopic (exact) mass is 274 g/mol. The fourth-order valence-corrected chi connectivity index (χ4v) is 1.91. The van der Waals surface area contributed by atoms with Crippen LogP contribution in [0, 0.1) is 5.92 Å². The van der Waals surface area contributed by atoms with Crippen molar-refractivity contribution in [3.05, 3.63) is 59.6 Å². The van der Waals surface area contributed by atoms with Crippen LogP contribution >= 0.6 is 0 Å². The van der Waals surface area contributed by atoms with Gasteiger partial charge in [0.05, 0.1) is 5.92 Å². The Bertz CT molecular complexity index is 490. The van der Waals surface area contributed by atoms with Crippen LogP contribution in [0.25, 0.3) is 0 Å². The molecule has 1 aliphatic carbocycles. The standard InChI is InChI=1S/C16H18O4/c1-18-12-20-16-9-15(8-7-14(16)10-17)19-11-13-5-3-2-4-6-13/h2-6,8-10,14H,7,11-12H2,1H3. The molecule has 0 saturated heterocycles. The Morgan fingerprint density at radius 3 is 2.75 bits per heavy atom. The molecule has 0 fully saturated rings. The zero-order valence-corrected chi connectivity index (χ0v) is 11.5. The Hall–Kier alpha value is -2.07. The van der Waals surface area contributed by atoms with Gasteiger partial charge in [-0.1, -0.05) is 30.3 Å². The summed E-state index contributed by atoms with van der Waals surface area (Å²) < 4.78 is 16.0. The van der Waals surface area contributed by atoms with Crippen LogP contribution in [0.4, 0.5) is 0 Å². The van der Waals surface area contributed by atoms with Gasteiger partial charge in [0.25, 0.3) is 0 Å². The van der Waals surface area contributed by atoms with Crippen LogP contribution in [0.5, 0.6) is 0 Å². The summed E-state index contributed by atoms with van der Waals surface area (Å²) in [5, 5.41) is 0. The fourth-order valence-electron chi connectivity index (χ4n) is 1.91. The highest BCUT2D eigenvalue weighted by atomic mass is 16.7. The number of hydrogen-bond acceptors (Lipinski definition) is 4. The first-order valence-electron chi connectivity index (χ1n) is 6.49. The first-order chi connectivity index (χ1) is 9.83. The molecule has 0 aromatic heterocycles. The molecule has 4 nitrogen and oxygen atoms in total. The van der Waals surface area contributed by atoms with Gasteiger partial charge < -0.3 is 19.0 Å². The molecule has 1 atom stereocenters. The van der Waals surface area contributed by atoms with E-state index in [0.717, 1.165) is 17.6 Å². The number of methoxy groups -OCH3 is 1. The molecule has 1 aromatic rings. The van der Waals surface area contributed by atoms with E-state index in [0.29, 0.717) is 18.8 Å². The molecule has 0 saturated carbocycles. The van der Waals surface area contributed by atoms with Gasteiger partial charge in [-0.05, 0) is 18.1 Å². The smallest absolute Gasteiger partial charge is 0.188 e. The van der Waals surface area contributed by atoms with E-state index in [2.05, 4.69) is 0 Å². The number of ether oxygens (including phenoxy) is 3. The molecule has 0 heterocycles. The fraction of sp³-hybridized carbons (Fsp3) is 0.312. The lowest BCUT2D eigenvalue weighted by atomic mass is 9.99. The third-order valence-electron chi connectivity index (χ3n) is 2.98. The first-order valence-corrected chi connectivity index (χ1v) is 6.49. The Morgan fingerprint density at radius 2 is 2.05 bits per heavy atom. The molecule has 0 N–H and O–H groups in total. The van der Waals surface area contributed by atoms with Gasteiger partial charge in [0, 0.05) is 13.2 Å². The van der Waals surface area contributed by atoms with Gasteiger partial charge >= 0.3 is 0 Å². The molecule has 0 amide bonds. The second kappa shape index (κ2) is 7.50. The normalized spacial score (nSPS) is 17.9. The SMILES string of the molecule is COCOC1=CC(OCc2ccccc2)=CCC1C=O. The van der Waals surface area contributed by atoms with Gasteiger partial charge in [0.2, 0.25) is 0 Å². The molecule has 0 aliphatic heterocycles. The van der Waals surface area contributed by atoms with Gasteiger partial charge in [-0.3, -0.25) is 0 Å². The lowest BCUT2D eigenvalue weighted by Gasteiger charge is -2.20. The van der Waals surface area contributed by atoms with E-state index < -0.39 is 0 Å². The van der Waals surface area contributed by atoms with E-state index in [1.165, 1.54) is 0 Å². The van der Waals surface area contributed by atoms with Crippen molar-refractivity contribution in [1.29, 1.82) is 0 Å². The van der Waals surface area contributed by atoms with Gasteiger partial charge in [0.1, 0.15) is 24.4 Å². The van der Waals surface area contributed by atoms with E-state index in [-0.39, 0.29) is 12.7 Å². The molecule has 0 spiro atoms. The van der Waals surface area contributed by atoms with E-state index >= 15 is 0 Å². The first kappa shape index (κ1) is 14.3. The second-order valence-electron chi connectivity index (χ2n) is 4.46. The predicted molar refractivity (Wildman–Crippen MR) is 74.5 cm³/mol. The van der Waals surface area contributed by atoms with Crippen molar-refractivity contribution in [2.75, 3.05) is 13.9 Å². The summed E-state index contributed by atoms with van der Waals surface area (Å²) in [6, 6.07) is 9.92. The van der Waals surface area contributed by atoms with Crippen LogP contribution < -0.4 is 0 Å². The number of aldehydes is 1. The second-order valence-corrected chi connectivity index (χ2v) is 4.46. The largest absolute Gasteiger partial charge is 0.489 e. The van der Waals surface area contributed by atoms with Crippen LogP contribution in [0.1, 0.15) is 12.0 Å². The highest BCUT2D eigenvalue weighted by Crippen LogP contribution is 2.24. The van der Waals surface area contributed by atoms with Crippen molar-refractivity contribution in [2.24, 2.45) is 5.92 Å². The highest BCUT2D eigenvalue weighted by Gasteiger charge is 2.19. The van der Waals surface area contributed by atoms with Gasteiger partial charge in [-0.15, -0.1) is 0 Å². The summed E-state index contributed by atoms with van der Waals surface area (Å²) in [6.45, 7) is 0.620. The van der Waals surface area contributed by atoms with Crippen LogP contribution in [0.3, 0.4) is 0 Å². The van der Waals surface area contributed by atoms with Crippen LogP contribution in [0.15, 0.2) is 54.0 Å². The summed E-state index contributed by atoms with van der Waals surface area (Å²) >= 11 is 0. The molecule has 2 rings (SSSR count). The molecular weight excluding hydrogens is 256 g/mol. The van der Waals surface area contributed by atoms with Gasteiger partial charge in [-0.2, -0.15) is 0 Å². The maximum Gasteiger partial charge on any atom is 0.188 e. The molecule has 106 valence electrons. The third-order valence-corrected chi connectivity index (χ3v) is 2.98. The van der Waals surface area contributed by atoms with Crippen molar-refractivity contribution in [3.63, 3.8) is 0 Å². The topological polar surface area (TPSA) is 44.8 Å². The molecule has 0 bridgehead atoms. The predicted octanol–water partition coefficient (Wildman–Crippen LogP) is 2.81. The lowest BCUT2D eigenvalue weighted by molar-refractivity contribution is -0.112. The Balaban J connectivity index is 1.96. The van der Waals surface area contributed by atoms with Crippen molar-refractivity contribution in [1.82, 2.24) is 0 Å². The minimum absolute atomic E-state index is 0.127. The van der Waals surface area contributed by atoms with Crippen LogP contribution in [-0.4, -0.2) is 20.2 Å². The molecular formula is C16H18O4. The molecule has 0 radical (unpaired) electrons. The Morgan fingerprint density at radius 1 is 1.25 bits per heavy atom. The number of allylic oxidation sites excluding steroid dienone is 3. The van der Waals surface area contributed by atoms with Gasteiger partial charge in [-0.25, -0.2) is 0 Å². The molecule has 1 aliphatic rings. The zero-order valence-electron chi connectivity index (χ0n) is 11.5. The molecule has 1 aromatic carbocycles. The summed E-state index contributed by atoms with van der Waals surface area (Å²) in [6.07, 6.45) is 5.13. The van der Waals surface area contributed by atoms with Crippen molar-refractivity contribution >= 4 is 6.29 Å². The summed E-state index contributed by atoms with van der Waals surface area (Å²) in [4.78, 5) is 11.0. The van der Waals surface area contributed by atoms with Crippen molar-refractivity contribution < 1.29 is 19.0 Å². The summed E-state index contributed by atoms with van der Waals surface area (Å²) in [5.41, 5.74) is 1.10. The van der Waals surface area contributed by atoms with E-state index in [9.17, 15) is 4.79 Å². The average molecular weight is 274 g/mol. The minimum Gasteiger partial charge on any atom is -0.489 e. The van der Waals surface area contributed by atoms with Crippen molar-refractivity contribution in [2.45, 2.75) is 13.0 Å². The summed E-state index contributed by atoms with van der Waals surface area (Å²) in [7, 11) is 1.54. The summed E-state index contributed by atoms with van der Waals surface area (Å²) in [5.74, 6) is 1.06.